The highest BCUT2D eigenvalue weighted by Gasteiger charge is 2.15. The fourth-order valence-corrected chi connectivity index (χ4v) is 1.90. The molecule has 0 radical (unpaired) electrons. The molecule has 0 aliphatic carbocycles. The fourth-order valence-electron chi connectivity index (χ4n) is 1.90. The average Bonchev–Trinajstić information content (AvgIpc) is 2.73. The van der Waals surface area contributed by atoms with Crippen LogP contribution < -0.4 is 5.32 Å². The Hall–Kier alpha value is -1.75. The highest BCUT2D eigenvalue weighted by atomic mass is 15.3. The molecule has 5 nitrogen and oxygen atoms in total. The van der Waals surface area contributed by atoms with Crippen molar-refractivity contribution in [2.75, 3.05) is 7.05 Å². The zero-order chi connectivity index (χ0) is 12.3. The van der Waals surface area contributed by atoms with E-state index in [9.17, 15) is 0 Å². The normalized spacial score (nSPS) is 12.6. The Morgan fingerprint density at radius 1 is 1.47 bits per heavy atom. The van der Waals surface area contributed by atoms with Gasteiger partial charge in [-0.15, -0.1) is 0 Å². The first-order valence-corrected chi connectivity index (χ1v) is 5.63. The lowest BCUT2D eigenvalue weighted by atomic mass is 10.0. The number of nitrogens with zero attached hydrogens (tertiary/aromatic N) is 4. The first-order chi connectivity index (χ1) is 8.22. The van der Waals surface area contributed by atoms with Gasteiger partial charge >= 0.3 is 0 Å². The standard InChI is InChI=1S/C12H17N5/c1-9-4-5-14-7-10(9)11(13-2)6-12-15-8-16-17(12)3/h4-5,7-8,11,13H,6H2,1-3H3. The lowest BCUT2D eigenvalue weighted by molar-refractivity contribution is 0.549. The van der Waals surface area contributed by atoms with Crippen LogP contribution in [0.2, 0.25) is 0 Å². The Morgan fingerprint density at radius 3 is 2.88 bits per heavy atom. The summed E-state index contributed by atoms with van der Waals surface area (Å²) in [6.07, 6.45) is 6.11. The molecule has 1 atom stereocenters. The third-order valence-electron chi connectivity index (χ3n) is 3.00. The average molecular weight is 231 g/mol. The number of hydrogen-bond acceptors (Lipinski definition) is 4. The van der Waals surface area contributed by atoms with Gasteiger partial charge < -0.3 is 5.32 Å². The van der Waals surface area contributed by atoms with E-state index in [1.54, 1.807) is 11.0 Å². The predicted octanol–water partition coefficient (Wildman–Crippen LogP) is 1.02. The molecule has 0 saturated carbocycles. The fraction of sp³-hybridized carbons (Fsp3) is 0.417. The summed E-state index contributed by atoms with van der Waals surface area (Å²) >= 11 is 0. The van der Waals surface area contributed by atoms with E-state index in [0.717, 1.165) is 12.2 Å². The summed E-state index contributed by atoms with van der Waals surface area (Å²) in [7, 11) is 3.86. The number of pyridine rings is 1. The SMILES string of the molecule is CNC(Cc1ncnn1C)c1cnccc1C. The second kappa shape index (κ2) is 5.05. The summed E-state index contributed by atoms with van der Waals surface area (Å²) in [5.41, 5.74) is 2.44. The second-order valence-electron chi connectivity index (χ2n) is 4.08. The van der Waals surface area contributed by atoms with Crippen LogP contribution in [0.4, 0.5) is 0 Å². The van der Waals surface area contributed by atoms with Gasteiger partial charge in [-0.2, -0.15) is 5.10 Å². The molecular weight excluding hydrogens is 214 g/mol. The van der Waals surface area contributed by atoms with Gasteiger partial charge in [0.05, 0.1) is 0 Å². The predicted molar refractivity (Wildman–Crippen MR) is 65.5 cm³/mol. The quantitative estimate of drug-likeness (QED) is 0.853. The Kier molecular flexibility index (Phi) is 3.49. The van der Waals surface area contributed by atoms with Crippen molar-refractivity contribution < 1.29 is 0 Å². The van der Waals surface area contributed by atoms with Crippen molar-refractivity contribution in [2.45, 2.75) is 19.4 Å². The van der Waals surface area contributed by atoms with Gasteiger partial charge in [-0.1, -0.05) is 0 Å². The minimum Gasteiger partial charge on any atom is -0.313 e. The van der Waals surface area contributed by atoms with Crippen LogP contribution in [-0.4, -0.2) is 26.8 Å². The van der Waals surface area contributed by atoms with E-state index in [1.165, 1.54) is 11.1 Å². The van der Waals surface area contributed by atoms with Gasteiger partial charge in [-0.05, 0) is 31.2 Å². The Morgan fingerprint density at radius 2 is 2.29 bits per heavy atom. The van der Waals surface area contributed by atoms with Crippen LogP contribution in [0.25, 0.3) is 0 Å². The van der Waals surface area contributed by atoms with Gasteiger partial charge in [0, 0.05) is 31.9 Å². The minimum atomic E-state index is 0.214. The van der Waals surface area contributed by atoms with Crippen LogP contribution >= 0.6 is 0 Å². The zero-order valence-electron chi connectivity index (χ0n) is 10.4. The lowest BCUT2D eigenvalue weighted by Crippen LogP contribution is -2.21. The van der Waals surface area contributed by atoms with Crippen LogP contribution in [0.5, 0.6) is 0 Å². The van der Waals surface area contributed by atoms with Crippen molar-refractivity contribution in [1.29, 1.82) is 0 Å². The molecule has 0 bridgehead atoms. The van der Waals surface area contributed by atoms with Gasteiger partial charge in [-0.25, -0.2) is 4.98 Å². The summed E-state index contributed by atoms with van der Waals surface area (Å²) in [6, 6.07) is 2.24. The molecule has 90 valence electrons. The molecule has 2 aromatic rings. The molecule has 2 aromatic heterocycles. The molecule has 0 saturated heterocycles. The maximum absolute atomic E-state index is 4.25. The summed E-state index contributed by atoms with van der Waals surface area (Å²) in [5, 5.41) is 7.39. The Balaban J connectivity index is 2.23. The minimum absolute atomic E-state index is 0.214. The van der Waals surface area contributed by atoms with Crippen molar-refractivity contribution in [3.63, 3.8) is 0 Å². The third-order valence-corrected chi connectivity index (χ3v) is 3.00. The highest BCUT2D eigenvalue weighted by Crippen LogP contribution is 2.19. The molecule has 0 fully saturated rings. The van der Waals surface area contributed by atoms with Gasteiger partial charge in [0.2, 0.25) is 0 Å². The van der Waals surface area contributed by atoms with Gasteiger partial charge in [-0.3, -0.25) is 9.67 Å². The number of aryl methyl sites for hydroxylation is 2. The molecule has 2 heterocycles. The first-order valence-electron chi connectivity index (χ1n) is 5.63. The first kappa shape index (κ1) is 11.7. The monoisotopic (exact) mass is 231 g/mol. The molecule has 0 aromatic carbocycles. The van der Waals surface area contributed by atoms with Crippen LogP contribution in [0.3, 0.4) is 0 Å². The molecule has 0 spiro atoms. The maximum atomic E-state index is 4.25. The van der Waals surface area contributed by atoms with Gasteiger partial charge in [0.25, 0.3) is 0 Å². The van der Waals surface area contributed by atoms with E-state index in [0.29, 0.717) is 0 Å². The number of likely N-dealkylation sites (N-methyl/N-ethyl adjacent to an activating group) is 1. The summed E-state index contributed by atoms with van der Waals surface area (Å²) in [4.78, 5) is 8.43. The van der Waals surface area contributed by atoms with Crippen molar-refractivity contribution in [1.82, 2.24) is 25.1 Å². The van der Waals surface area contributed by atoms with E-state index in [1.807, 2.05) is 32.6 Å². The smallest absolute Gasteiger partial charge is 0.138 e. The van der Waals surface area contributed by atoms with E-state index < -0.39 is 0 Å². The molecule has 0 amide bonds. The van der Waals surface area contributed by atoms with Crippen molar-refractivity contribution >= 4 is 0 Å². The summed E-state index contributed by atoms with van der Waals surface area (Å²) in [5.74, 6) is 0.965. The maximum Gasteiger partial charge on any atom is 0.138 e. The molecule has 1 N–H and O–H groups in total. The van der Waals surface area contributed by atoms with Crippen molar-refractivity contribution in [3.8, 4) is 0 Å². The summed E-state index contributed by atoms with van der Waals surface area (Å²) < 4.78 is 1.80. The molecule has 17 heavy (non-hydrogen) atoms. The van der Waals surface area contributed by atoms with Gasteiger partial charge in [0.1, 0.15) is 12.2 Å². The number of hydrogen-bond donors (Lipinski definition) is 1. The number of aromatic nitrogens is 4. The largest absolute Gasteiger partial charge is 0.313 e. The van der Waals surface area contributed by atoms with Gasteiger partial charge in [0.15, 0.2) is 0 Å². The van der Waals surface area contributed by atoms with E-state index in [4.69, 9.17) is 0 Å². The molecule has 2 rings (SSSR count). The van der Waals surface area contributed by atoms with Crippen molar-refractivity contribution in [2.24, 2.45) is 7.05 Å². The lowest BCUT2D eigenvalue weighted by Gasteiger charge is -2.17. The topological polar surface area (TPSA) is 55.6 Å². The Bertz CT molecular complexity index is 491. The van der Waals surface area contributed by atoms with E-state index in [2.05, 4.69) is 27.3 Å². The number of rotatable bonds is 4. The van der Waals surface area contributed by atoms with Crippen LogP contribution in [0.15, 0.2) is 24.8 Å². The van der Waals surface area contributed by atoms with Crippen LogP contribution in [-0.2, 0) is 13.5 Å². The van der Waals surface area contributed by atoms with E-state index >= 15 is 0 Å². The molecule has 1 unspecified atom stereocenters. The summed E-state index contributed by atoms with van der Waals surface area (Å²) in [6.45, 7) is 2.10. The van der Waals surface area contributed by atoms with E-state index in [-0.39, 0.29) is 6.04 Å². The molecule has 0 aliphatic rings. The second-order valence-corrected chi connectivity index (χ2v) is 4.08. The van der Waals surface area contributed by atoms with Crippen LogP contribution in [0.1, 0.15) is 23.0 Å². The molecule has 5 heteroatoms. The molecule has 0 aliphatic heterocycles. The zero-order valence-corrected chi connectivity index (χ0v) is 10.4. The Labute approximate surface area is 101 Å². The van der Waals surface area contributed by atoms with Crippen molar-refractivity contribution in [3.05, 3.63) is 41.7 Å². The third kappa shape index (κ3) is 2.50. The molecular formula is C12H17N5. The number of nitrogens with one attached hydrogen (secondary N) is 1. The highest BCUT2D eigenvalue weighted by molar-refractivity contribution is 5.25. The van der Waals surface area contributed by atoms with Crippen LogP contribution in [0, 0.1) is 6.92 Å².